The van der Waals surface area contributed by atoms with Gasteiger partial charge in [0.15, 0.2) is 23.5 Å². The molecule has 4 atom stereocenters. The van der Waals surface area contributed by atoms with Crippen molar-refractivity contribution in [1.29, 1.82) is 0 Å². The number of β-lactam (4-membered cyclic amide) rings is 1. The van der Waals surface area contributed by atoms with Crippen molar-refractivity contribution < 1.29 is 84.3 Å². The molecule has 2 aliphatic rings. The highest BCUT2D eigenvalue weighted by molar-refractivity contribution is 7.80. The maximum Gasteiger partial charge on any atom is 0.418 e. The number of aryl methyl sites for hydroxylation is 2. The first-order chi connectivity index (χ1) is 35.7. The molecule has 5 amide bonds. The highest BCUT2D eigenvalue weighted by Crippen LogP contribution is 2.38. The number of alkyl carbamates (subject to hydrolysis) is 2. The molecule has 0 bridgehead atoms. The summed E-state index contributed by atoms with van der Waals surface area (Å²) in [5, 5.41) is 27.2. The number of fused-ring (bicyclic) bond motifs is 1. The minimum atomic E-state index is -5.13. The minimum absolute atomic E-state index is 0.0295. The predicted octanol–water partition coefficient (Wildman–Crippen LogP) is 5.10. The first kappa shape index (κ1) is 62.2. The van der Waals surface area contributed by atoms with Crippen LogP contribution in [0.15, 0.2) is 41.1 Å². The number of thiazole rings is 1. The molecular formula is C50H74N9O17S2+. The second-order valence-corrected chi connectivity index (χ2v) is 25.1. The zero-order chi connectivity index (χ0) is 58.6. The fraction of sp³-hybridized carbons (Fsp3) is 0.620. The summed E-state index contributed by atoms with van der Waals surface area (Å²) in [5.74, 6) is -2.66. The van der Waals surface area contributed by atoms with E-state index in [1.54, 1.807) is 99.9 Å². The van der Waals surface area contributed by atoms with Gasteiger partial charge in [-0.25, -0.2) is 24.2 Å². The van der Waals surface area contributed by atoms with E-state index in [1.807, 2.05) is 23.1 Å². The molecule has 1 aromatic carbocycles. The molecule has 3 aromatic rings. The number of ether oxygens (including phenoxy) is 5. The van der Waals surface area contributed by atoms with Gasteiger partial charge in [-0.3, -0.25) is 19.5 Å². The Bertz CT molecular complexity index is 2860. The Morgan fingerprint density at radius 3 is 2.09 bits per heavy atom. The number of aliphatic hydroxyl groups is 1. The lowest BCUT2D eigenvalue weighted by molar-refractivity contribution is -0.780. The summed E-state index contributed by atoms with van der Waals surface area (Å²) in [5.41, 5.74) is -5.44. The number of hydrogen-bond acceptors (Lipinski definition) is 19. The topological polar surface area (TPSA) is 327 Å². The van der Waals surface area contributed by atoms with Gasteiger partial charge in [-0.15, -0.1) is 20.3 Å². The highest BCUT2D eigenvalue weighted by atomic mass is 32.3. The molecule has 6 N–H and O–H groups in total. The molecule has 0 spiro atoms. The Morgan fingerprint density at radius 2 is 1.50 bits per heavy atom. The zero-order valence-corrected chi connectivity index (χ0v) is 48.3. The van der Waals surface area contributed by atoms with Crippen molar-refractivity contribution >= 4 is 68.6 Å². The summed E-state index contributed by atoms with van der Waals surface area (Å²) in [6.45, 7) is 25.2. The van der Waals surface area contributed by atoms with Crippen molar-refractivity contribution in [3.05, 3.63) is 47.2 Å². The van der Waals surface area contributed by atoms with Gasteiger partial charge >= 0.3 is 34.6 Å². The molecule has 2 aliphatic heterocycles. The van der Waals surface area contributed by atoms with Gasteiger partial charge in [-0.05, 0) is 146 Å². The van der Waals surface area contributed by atoms with Crippen molar-refractivity contribution in [2.24, 2.45) is 5.16 Å². The van der Waals surface area contributed by atoms with Crippen LogP contribution >= 0.6 is 11.3 Å². The van der Waals surface area contributed by atoms with Gasteiger partial charge < -0.3 is 49.6 Å². The van der Waals surface area contributed by atoms with E-state index in [2.05, 4.69) is 35.7 Å². The average molecular weight is 1140 g/mol. The van der Waals surface area contributed by atoms with Gasteiger partial charge in [0.25, 0.3) is 17.4 Å². The number of carbonyl (C=O) groups excluding carboxylic acids is 6. The Balaban J connectivity index is 1.45. The Hall–Kier alpha value is -6.62. The van der Waals surface area contributed by atoms with E-state index < -0.39 is 104 Å². The molecule has 0 aliphatic carbocycles. The smallest absolute Gasteiger partial charge is 0.418 e. The molecular weight excluding hydrogens is 1060 g/mol. The SMILES string of the molecule is CC(C)(C)OC(=O)NCCCn1cc(-c2ccc3c(c2)CCC(C(C)(O/N=C(\C(=O)NC2C(=O)N(OS(=O)(=O)O)C2(C)C)c2csc(NC(=O)OC(C)(C)C)n2)C(=O)OC(C)(C)C)O3)c[n+]1CC(O)CNC(=O)OC(C)(C)C. The summed E-state index contributed by atoms with van der Waals surface area (Å²) in [7, 11) is -5.13. The summed E-state index contributed by atoms with van der Waals surface area (Å²) < 4.78 is 68.8. The normalized spacial score (nSPS) is 17.9. The average Bonchev–Trinajstić information content (AvgIpc) is 3.91. The van der Waals surface area contributed by atoms with E-state index in [0.717, 1.165) is 28.0 Å². The molecule has 4 unspecified atom stereocenters. The molecule has 4 heterocycles. The number of aliphatic hydroxyl groups excluding tert-OH is 1. The van der Waals surface area contributed by atoms with Gasteiger partial charge in [-0.1, -0.05) is 11.2 Å². The number of anilines is 1. The number of rotatable bonds is 19. The van der Waals surface area contributed by atoms with Gasteiger partial charge in [0, 0.05) is 11.9 Å². The van der Waals surface area contributed by atoms with Gasteiger partial charge in [-0.2, -0.15) is 18.2 Å². The number of hydrogen-bond donors (Lipinski definition) is 6. The zero-order valence-electron chi connectivity index (χ0n) is 46.7. The van der Waals surface area contributed by atoms with Gasteiger partial charge in [0.1, 0.15) is 46.0 Å². The Labute approximate surface area is 457 Å². The monoisotopic (exact) mass is 1140 g/mol. The Kier molecular flexibility index (Phi) is 19.0. The number of nitrogens with one attached hydrogen (secondary N) is 4. The fourth-order valence-electron chi connectivity index (χ4n) is 7.70. The largest absolute Gasteiger partial charge is 0.485 e. The summed E-state index contributed by atoms with van der Waals surface area (Å²) in [6.07, 6.45) is 0.515. The number of hydroxylamine groups is 2. The summed E-state index contributed by atoms with van der Waals surface area (Å²) >= 11 is 0.883. The third-order valence-electron chi connectivity index (χ3n) is 11.2. The van der Waals surface area contributed by atoms with E-state index >= 15 is 0 Å². The van der Waals surface area contributed by atoms with Crippen LogP contribution in [-0.2, 0) is 72.4 Å². The molecule has 0 radical (unpaired) electrons. The number of amides is 5. The maximum absolute atomic E-state index is 14.3. The fourth-order valence-corrected chi connectivity index (χ4v) is 8.84. The van der Waals surface area contributed by atoms with Crippen LogP contribution in [0.2, 0.25) is 0 Å². The number of benzene rings is 1. The Morgan fingerprint density at radius 1 is 0.897 bits per heavy atom. The van der Waals surface area contributed by atoms with Crippen LogP contribution in [0, 0.1) is 0 Å². The van der Waals surface area contributed by atoms with Crippen molar-refractivity contribution in [2.75, 3.05) is 18.4 Å². The van der Waals surface area contributed by atoms with Crippen LogP contribution < -0.4 is 30.7 Å². The number of oxime groups is 1. The van der Waals surface area contributed by atoms with E-state index in [0.29, 0.717) is 36.7 Å². The van der Waals surface area contributed by atoms with Crippen LogP contribution in [0.4, 0.5) is 19.5 Å². The second-order valence-electron chi connectivity index (χ2n) is 23.3. The van der Waals surface area contributed by atoms with Crippen molar-refractivity contribution in [2.45, 2.75) is 188 Å². The summed E-state index contributed by atoms with van der Waals surface area (Å²) in [6, 6.07) is 4.01. The predicted molar refractivity (Wildman–Crippen MR) is 281 cm³/mol. The molecule has 432 valence electrons. The standard InChI is InChI=1S/C50H73N9O17S2/c1-45(2,3)71-40(63)50(15,75-56-36(33-28-77-41(53-33)55-44(66)74-48(10,11)12)38(61)54-37-39(62)59(49(37,13)14)76-78(67,68)69)35-20-18-30-23-29(17-19-34(30)70-35)31-25-57(22-16-21-51-42(64)72-46(4,5)6)58(26-31)27-32(60)24-52-43(65)73-47(7,8)9/h17,19,23,25-26,28,32,35,37,60H,16,18,20-22,24,27H2,1-15H3,(H4-,51,52,53,54,55,61,64,65,66,67,68,69)/p+1/b56-36-. The molecule has 28 heteroatoms. The quantitative estimate of drug-likeness (QED) is 0.0133. The first-order valence-corrected chi connectivity index (χ1v) is 27.3. The van der Waals surface area contributed by atoms with Crippen LogP contribution in [-0.4, -0.2) is 139 Å². The third-order valence-corrected chi connectivity index (χ3v) is 12.3. The number of aromatic nitrogens is 3. The molecule has 1 fully saturated rings. The first-order valence-electron chi connectivity index (χ1n) is 25.0. The van der Waals surface area contributed by atoms with E-state index in [9.17, 15) is 46.8 Å². The molecule has 0 saturated carbocycles. The minimum Gasteiger partial charge on any atom is -0.485 e. The van der Waals surface area contributed by atoms with Gasteiger partial charge in [0.2, 0.25) is 6.20 Å². The van der Waals surface area contributed by atoms with Crippen molar-refractivity contribution in [3.8, 4) is 16.9 Å². The number of carbonyl (C=O) groups is 6. The molecule has 1 saturated heterocycles. The van der Waals surface area contributed by atoms with E-state index in [1.165, 1.54) is 26.2 Å². The van der Waals surface area contributed by atoms with Crippen LogP contribution in [0.1, 0.15) is 128 Å². The van der Waals surface area contributed by atoms with Crippen LogP contribution in [0.5, 0.6) is 5.75 Å². The molecule has 26 nitrogen and oxygen atoms in total. The lowest BCUT2D eigenvalue weighted by Crippen LogP contribution is -2.76. The number of nitrogens with zero attached hydrogens (tertiary/aromatic N) is 5. The highest BCUT2D eigenvalue weighted by Gasteiger charge is 2.58. The maximum atomic E-state index is 14.3. The van der Waals surface area contributed by atoms with E-state index in [-0.39, 0.29) is 30.3 Å². The van der Waals surface area contributed by atoms with Crippen LogP contribution in [0.3, 0.4) is 0 Å². The number of esters is 1. The summed E-state index contributed by atoms with van der Waals surface area (Å²) in [4.78, 5) is 89.5. The third kappa shape index (κ3) is 17.7. The lowest BCUT2D eigenvalue weighted by atomic mass is 9.84. The second kappa shape index (κ2) is 23.8. The molecule has 2 aromatic heterocycles. The molecule has 78 heavy (non-hydrogen) atoms. The van der Waals surface area contributed by atoms with Gasteiger partial charge in [0.05, 0.1) is 30.4 Å². The van der Waals surface area contributed by atoms with E-state index in [4.69, 9.17) is 28.5 Å². The lowest BCUT2D eigenvalue weighted by Gasteiger charge is -2.50. The van der Waals surface area contributed by atoms with Crippen molar-refractivity contribution in [1.82, 2.24) is 30.7 Å². The van der Waals surface area contributed by atoms with Crippen LogP contribution in [0.25, 0.3) is 11.1 Å². The van der Waals surface area contributed by atoms with Crippen molar-refractivity contribution in [3.63, 3.8) is 0 Å². The molecule has 5 rings (SSSR count).